The van der Waals surface area contributed by atoms with Gasteiger partial charge in [0, 0.05) is 11.0 Å². The fourth-order valence-corrected chi connectivity index (χ4v) is 2.15. The lowest BCUT2D eigenvalue weighted by molar-refractivity contribution is 0.0260. The first-order valence-electron chi connectivity index (χ1n) is 6.25. The molecule has 0 saturated heterocycles. The van der Waals surface area contributed by atoms with Gasteiger partial charge in [-0.15, -0.1) is 12.4 Å². The van der Waals surface area contributed by atoms with E-state index in [4.69, 9.17) is 4.74 Å². The van der Waals surface area contributed by atoms with E-state index in [9.17, 15) is 4.79 Å². The van der Waals surface area contributed by atoms with E-state index in [1.54, 1.807) is 12.1 Å². The molecule has 0 heterocycles. The normalized spacial score (nSPS) is 11.8. The van der Waals surface area contributed by atoms with Crippen LogP contribution in [0.1, 0.15) is 31.1 Å². The summed E-state index contributed by atoms with van der Waals surface area (Å²) in [5, 5.41) is 0. The predicted octanol–water partition coefficient (Wildman–Crippen LogP) is 3.76. The quantitative estimate of drug-likeness (QED) is 0.732. The summed E-state index contributed by atoms with van der Waals surface area (Å²) in [7, 11) is 0. The molecule has 0 N–H and O–H groups in total. The number of ether oxygens (including phenoxy) is 1. The smallest absolute Gasteiger partial charge is 0.338 e. The second-order valence-corrected chi connectivity index (χ2v) is 5.13. The molecule has 0 saturated carbocycles. The topological polar surface area (TPSA) is 29.5 Å². The third kappa shape index (κ3) is 6.41. The molecule has 0 aliphatic rings. The average Bonchev–Trinajstić information content (AvgIpc) is 2.35. The zero-order valence-electron chi connectivity index (χ0n) is 11.6. The van der Waals surface area contributed by atoms with E-state index >= 15 is 0 Å². The Kier molecular flexibility index (Phi) is 9.06. The molecule has 1 rings (SSSR count). The van der Waals surface area contributed by atoms with Crippen LogP contribution in [0, 0.1) is 0 Å². The maximum absolute atomic E-state index is 11.9. The number of carbonyl (C=O) groups excluding carboxylic acids is 1. The molecule has 0 radical (unpaired) electrons. The lowest BCUT2D eigenvalue weighted by atomic mass is 10.2. The number of hydrogen-bond donors (Lipinski definition) is 0. The molecule has 1 unspecified atom stereocenters. The van der Waals surface area contributed by atoms with Crippen molar-refractivity contribution in [2.75, 3.05) is 19.6 Å². The summed E-state index contributed by atoms with van der Waals surface area (Å²) in [6.07, 6.45) is -0.101. The van der Waals surface area contributed by atoms with Crippen LogP contribution in [0.2, 0.25) is 0 Å². The Bertz CT molecular complexity index is 397. The minimum Gasteiger partial charge on any atom is -0.458 e. The minimum atomic E-state index is -0.268. The number of carbonyl (C=O) groups is 1. The van der Waals surface area contributed by atoms with E-state index in [1.807, 2.05) is 19.1 Å². The number of nitrogens with zero attached hydrogens (tertiary/aromatic N) is 1. The van der Waals surface area contributed by atoms with Gasteiger partial charge in [0.25, 0.3) is 0 Å². The molecule has 108 valence electrons. The highest BCUT2D eigenvalue weighted by atomic mass is 79.9. The summed E-state index contributed by atoms with van der Waals surface area (Å²) >= 11 is 3.34. The molecule has 5 heteroatoms. The van der Waals surface area contributed by atoms with E-state index in [0.29, 0.717) is 5.56 Å². The summed E-state index contributed by atoms with van der Waals surface area (Å²) in [6, 6.07) is 7.25. The standard InChI is InChI=1S/C14H20BrNO2.ClH/c1-4-16(5-2)10-11(3)18-14(17)12-7-6-8-13(15)9-12;/h6-9,11H,4-5,10H2,1-3H3;1H. The Morgan fingerprint density at radius 1 is 1.37 bits per heavy atom. The maximum Gasteiger partial charge on any atom is 0.338 e. The maximum atomic E-state index is 11.9. The zero-order chi connectivity index (χ0) is 13.5. The van der Waals surface area contributed by atoms with Gasteiger partial charge in [0.15, 0.2) is 0 Å². The van der Waals surface area contributed by atoms with Gasteiger partial charge in [0.1, 0.15) is 6.10 Å². The number of esters is 1. The molecule has 0 aromatic heterocycles. The van der Waals surface area contributed by atoms with Gasteiger partial charge in [-0.05, 0) is 38.2 Å². The Labute approximate surface area is 129 Å². The van der Waals surface area contributed by atoms with Crippen molar-refractivity contribution in [3.8, 4) is 0 Å². The van der Waals surface area contributed by atoms with Crippen LogP contribution in [0.25, 0.3) is 0 Å². The van der Waals surface area contributed by atoms with Gasteiger partial charge in [-0.2, -0.15) is 0 Å². The molecule has 1 aromatic rings. The largest absolute Gasteiger partial charge is 0.458 e. The van der Waals surface area contributed by atoms with E-state index in [1.165, 1.54) is 0 Å². The Morgan fingerprint density at radius 2 is 2.00 bits per heavy atom. The molecule has 0 fully saturated rings. The molecule has 0 aliphatic heterocycles. The third-order valence-electron chi connectivity index (χ3n) is 2.78. The van der Waals surface area contributed by atoms with Gasteiger partial charge >= 0.3 is 5.97 Å². The van der Waals surface area contributed by atoms with E-state index in [0.717, 1.165) is 24.1 Å². The zero-order valence-corrected chi connectivity index (χ0v) is 14.0. The first-order valence-corrected chi connectivity index (χ1v) is 7.05. The molecule has 0 aliphatic carbocycles. The first kappa shape index (κ1) is 18.4. The first-order chi connectivity index (χ1) is 8.56. The van der Waals surface area contributed by atoms with Crippen LogP contribution in [0.3, 0.4) is 0 Å². The van der Waals surface area contributed by atoms with Crippen molar-refractivity contribution in [1.29, 1.82) is 0 Å². The van der Waals surface area contributed by atoms with Crippen molar-refractivity contribution in [1.82, 2.24) is 4.90 Å². The summed E-state index contributed by atoms with van der Waals surface area (Å²) in [5.74, 6) is -0.268. The van der Waals surface area contributed by atoms with Crippen molar-refractivity contribution in [3.63, 3.8) is 0 Å². The van der Waals surface area contributed by atoms with E-state index in [-0.39, 0.29) is 24.5 Å². The monoisotopic (exact) mass is 349 g/mol. The highest BCUT2D eigenvalue weighted by molar-refractivity contribution is 9.10. The fourth-order valence-electron chi connectivity index (χ4n) is 1.75. The third-order valence-corrected chi connectivity index (χ3v) is 3.27. The van der Waals surface area contributed by atoms with Gasteiger partial charge in [0.2, 0.25) is 0 Å². The lowest BCUT2D eigenvalue weighted by Gasteiger charge is -2.22. The van der Waals surface area contributed by atoms with Crippen LogP contribution in [-0.4, -0.2) is 36.6 Å². The van der Waals surface area contributed by atoms with Crippen molar-refractivity contribution in [2.45, 2.75) is 26.9 Å². The summed E-state index contributed by atoms with van der Waals surface area (Å²) in [6.45, 7) is 8.84. The lowest BCUT2D eigenvalue weighted by Crippen LogP contribution is -2.33. The van der Waals surface area contributed by atoms with Gasteiger partial charge in [-0.3, -0.25) is 0 Å². The molecule has 0 bridgehead atoms. The van der Waals surface area contributed by atoms with Gasteiger partial charge < -0.3 is 9.64 Å². The molecule has 1 atom stereocenters. The predicted molar refractivity (Wildman–Crippen MR) is 84.1 cm³/mol. The molecular formula is C14H21BrClNO2. The number of hydrogen-bond acceptors (Lipinski definition) is 3. The SMILES string of the molecule is CCN(CC)CC(C)OC(=O)c1cccc(Br)c1.Cl. The highest BCUT2D eigenvalue weighted by Crippen LogP contribution is 2.13. The van der Waals surface area contributed by atoms with Gasteiger partial charge in [0.05, 0.1) is 5.56 Å². The summed E-state index contributed by atoms with van der Waals surface area (Å²) in [4.78, 5) is 14.1. The van der Waals surface area contributed by atoms with Crippen LogP contribution in [0.5, 0.6) is 0 Å². The molecule has 1 aromatic carbocycles. The highest BCUT2D eigenvalue weighted by Gasteiger charge is 2.14. The molecule has 0 amide bonds. The van der Waals surface area contributed by atoms with Crippen LogP contribution < -0.4 is 0 Å². The number of benzene rings is 1. The number of halogens is 2. The van der Waals surface area contributed by atoms with Crippen LogP contribution in [-0.2, 0) is 4.74 Å². The fraction of sp³-hybridized carbons (Fsp3) is 0.500. The second kappa shape index (κ2) is 9.34. The van der Waals surface area contributed by atoms with Crippen molar-refractivity contribution < 1.29 is 9.53 Å². The molecular weight excluding hydrogens is 330 g/mol. The van der Waals surface area contributed by atoms with Crippen molar-refractivity contribution in [3.05, 3.63) is 34.3 Å². The van der Waals surface area contributed by atoms with E-state index in [2.05, 4.69) is 34.7 Å². The Hall–Kier alpha value is -0.580. The Balaban J connectivity index is 0.00000324. The van der Waals surface area contributed by atoms with Gasteiger partial charge in [-0.25, -0.2) is 4.79 Å². The second-order valence-electron chi connectivity index (χ2n) is 4.21. The number of rotatable bonds is 6. The van der Waals surface area contributed by atoms with Crippen LogP contribution in [0.4, 0.5) is 0 Å². The van der Waals surface area contributed by atoms with E-state index < -0.39 is 0 Å². The summed E-state index contributed by atoms with van der Waals surface area (Å²) in [5.41, 5.74) is 0.579. The molecule has 0 spiro atoms. The van der Waals surface area contributed by atoms with Crippen molar-refractivity contribution in [2.24, 2.45) is 0 Å². The molecule has 3 nitrogen and oxygen atoms in total. The van der Waals surface area contributed by atoms with Crippen molar-refractivity contribution >= 4 is 34.3 Å². The average molecular weight is 351 g/mol. The number of likely N-dealkylation sites (N-methyl/N-ethyl adjacent to an activating group) is 1. The minimum absolute atomic E-state index is 0. The summed E-state index contributed by atoms with van der Waals surface area (Å²) < 4.78 is 6.31. The Morgan fingerprint density at radius 3 is 2.53 bits per heavy atom. The van der Waals surface area contributed by atoms with Gasteiger partial charge in [-0.1, -0.05) is 35.8 Å². The molecule has 19 heavy (non-hydrogen) atoms. The van der Waals surface area contributed by atoms with Crippen LogP contribution >= 0.6 is 28.3 Å². The van der Waals surface area contributed by atoms with Crippen LogP contribution in [0.15, 0.2) is 28.7 Å².